The van der Waals surface area contributed by atoms with Crippen molar-refractivity contribution in [2.45, 2.75) is 20.3 Å². The van der Waals surface area contributed by atoms with Crippen molar-refractivity contribution in [1.29, 1.82) is 0 Å². The van der Waals surface area contributed by atoms with Gasteiger partial charge in [-0.1, -0.05) is 12.1 Å². The summed E-state index contributed by atoms with van der Waals surface area (Å²) in [5, 5.41) is 6.36. The minimum absolute atomic E-state index is 0. The molecule has 1 rings (SSSR count). The second kappa shape index (κ2) is 11.4. The molecule has 0 unspecified atom stereocenters. The maximum Gasteiger partial charge on any atom is 0.337 e. The molecule has 6 heteroatoms. The highest BCUT2D eigenvalue weighted by Gasteiger charge is 2.04. The number of carbonyl (C=O) groups is 1. The summed E-state index contributed by atoms with van der Waals surface area (Å²) in [7, 11) is 1.38. The van der Waals surface area contributed by atoms with Gasteiger partial charge in [0.05, 0.1) is 12.7 Å². The van der Waals surface area contributed by atoms with Crippen LogP contribution in [-0.2, 0) is 11.2 Å². The predicted molar refractivity (Wildman–Crippen MR) is 96.6 cm³/mol. The third-order valence-corrected chi connectivity index (χ3v) is 2.73. The van der Waals surface area contributed by atoms with E-state index in [1.807, 2.05) is 26.0 Å². The van der Waals surface area contributed by atoms with Gasteiger partial charge in [-0.25, -0.2) is 4.79 Å². The number of methoxy groups -OCH3 is 1. The van der Waals surface area contributed by atoms with Crippen molar-refractivity contribution in [3.05, 3.63) is 35.4 Å². The van der Waals surface area contributed by atoms with Crippen molar-refractivity contribution in [3.63, 3.8) is 0 Å². The second-order valence-electron chi connectivity index (χ2n) is 4.23. The number of aliphatic imine (C=N–C) groups is 1. The minimum Gasteiger partial charge on any atom is -0.465 e. The molecule has 2 N–H and O–H groups in total. The summed E-state index contributed by atoms with van der Waals surface area (Å²) in [5.74, 6) is 0.525. The molecule has 0 saturated carbocycles. The molecule has 5 nitrogen and oxygen atoms in total. The molecule has 0 aliphatic heterocycles. The van der Waals surface area contributed by atoms with Crippen LogP contribution in [0.3, 0.4) is 0 Å². The molecule has 1 aromatic rings. The lowest BCUT2D eigenvalue weighted by molar-refractivity contribution is 0.0600. The van der Waals surface area contributed by atoms with E-state index in [0.717, 1.165) is 31.0 Å². The predicted octanol–water partition coefficient (Wildman–Crippen LogP) is 2.21. The summed E-state index contributed by atoms with van der Waals surface area (Å²) >= 11 is 0. The average molecular weight is 405 g/mol. The molecule has 0 spiro atoms. The fourth-order valence-electron chi connectivity index (χ4n) is 1.73. The fourth-order valence-corrected chi connectivity index (χ4v) is 1.73. The number of esters is 1. The van der Waals surface area contributed by atoms with Gasteiger partial charge in [-0.2, -0.15) is 0 Å². The summed E-state index contributed by atoms with van der Waals surface area (Å²) in [6.07, 6.45) is 0.835. The Hall–Kier alpha value is -1.31. The number of rotatable bonds is 6. The smallest absolute Gasteiger partial charge is 0.337 e. The van der Waals surface area contributed by atoms with Crippen molar-refractivity contribution >= 4 is 35.9 Å². The van der Waals surface area contributed by atoms with Crippen molar-refractivity contribution < 1.29 is 9.53 Å². The van der Waals surface area contributed by atoms with Crippen LogP contribution in [0.5, 0.6) is 0 Å². The Kier molecular flexibility index (Phi) is 10.7. The molecule has 0 bridgehead atoms. The van der Waals surface area contributed by atoms with E-state index < -0.39 is 0 Å². The number of nitrogens with one attached hydrogen (secondary N) is 2. The van der Waals surface area contributed by atoms with E-state index in [9.17, 15) is 4.79 Å². The molecule has 0 fully saturated rings. The van der Waals surface area contributed by atoms with Crippen LogP contribution < -0.4 is 10.6 Å². The summed E-state index contributed by atoms with van der Waals surface area (Å²) in [6, 6.07) is 7.42. The molecule has 0 atom stereocenters. The molecule has 21 heavy (non-hydrogen) atoms. The first-order chi connectivity index (χ1) is 9.71. The number of nitrogens with zero attached hydrogens (tertiary/aromatic N) is 1. The lowest BCUT2D eigenvalue weighted by Gasteiger charge is -2.09. The Balaban J connectivity index is 0.00000400. The van der Waals surface area contributed by atoms with Crippen molar-refractivity contribution in [2.24, 2.45) is 4.99 Å². The largest absolute Gasteiger partial charge is 0.465 e. The maximum atomic E-state index is 11.3. The SMILES string of the molecule is CCNC(=NCCc1ccc(C(=O)OC)cc1)NCC.I. The first kappa shape index (κ1) is 19.7. The Labute approximate surface area is 143 Å². The number of guanidine groups is 1. The van der Waals surface area contributed by atoms with Gasteiger partial charge in [-0.3, -0.25) is 4.99 Å². The second-order valence-corrected chi connectivity index (χ2v) is 4.23. The van der Waals surface area contributed by atoms with Gasteiger partial charge >= 0.3 is 5.97 Å². The highest BCUT2D eigenvalue weighted by molar-refractivity contribution is 14.0. The van der Waals surface area contributed by atoms with Crippen LogP contribution in [0.15, 0.2) is 29.3 Å². The number of benzene rings is 1. The van der Waals surface area contributed by atoms with Crippen LogP contribution in [-0.4, -0.2) is 38.7 Å². The zero-order valence-corrected chi connectivity index (χ0v) is 15.1. The van der Waals surface area contributed by atoms with Gasteiger partial charge < -0.3 is 15.4 Å². The van der Waals surface area contributed by atoms with E-state index in [1.54, 1.807) is 12.1 Å². The summed E-state index contributed by atoms with van der Waals surface area (Å²) in [4.78, 5) is 15.8. The third kappa shape index (κ3) is 7.31. The van der Waals surface area contributed by atoms with Crippen LogP contribution in [0, 0.1) is 0 Å². The highest BCUT2D eigenvalue weighted by atomic mass is 127. The summed E-state index contributed by atoms with van der Waals surface area (Å²) in [5.41, 5.74) is 1.72. The fraction of sp³-hybridized carbons (Fsp3) is 0.467. The normalized spacial score (nSPS) is 9.29. The first-order valence-corrected chi connectivity index (χ1v) is 6.90. The Morgan fingerprint density at radius 3 is 2.19 bits per heavy atom. The van der Waals surface area contributed by atoms with E-state index in [0.29, 0.717) is 12.1 Å². The number of ether oxygens (including phenoxy) is 1. The highest BCUT2D eigenvalue weighted by Crippen LogP contribution is 2.06. The quantitative estimate of drug-likeness (QED) is 0.330. The van der Waals surface area contributed by atoms with Crippen LogP contribution in [0.25, 0.3) is 0 Å². The molecule has 1 aromatic carbocycles. The Morgan fingerprint density at radius 2 is 1.71 bits per heavy atom. The van der Waals surface area contributed by atoms with E-state index >= 15 is 0 Å². The van der Waals surface area contributed by atoms with Gasteiger partial charge in [0.2, 0.25) is 0 Å². The molecule has 0 amide bonds. The van der Waals surface area contributed by atoms with Gasteiger partial charge in [-0.15, -0.1) is 24.0 Å². The molecule has 0 saturated heterocycles. The summed E-state index contributed by atoms with van der Waals surface area (Å²) < 4.78 is 4.67. The molecule has 0 heterocycles. The van der Waals surface area contributed by atoms with Crippen molar-refractivity contribution in [2.75, 3.05) is 26.7 Å². The zero-order valence-electron chi connectivity index (χ0n) is 12.8. The molecule has 0 aromatic heterocycles. The van der Waals surface area contributed by atoms with E-state index in [-0.39, 0.29) is 29.9 Å². The topological polar surface area (TPSA) is 62.7 Å². The van der Waals surface area contributed by atoms with Gasteiger partial charge in [0, 0.05) is 19.6 Å². The standard InChI is InChI=1S/C15H23N3O2.HI/c1-4-16-15(17-5-2)18-11-10-12-6-8-13(9-7-12)14(19)20-3;/h6-9H,4-5,10-11H2,1-3H3,(H2,16,17,18);1H. The monoisotopic (exact) mass is 405 g/mol. The van der Waals surface area contributed by atoms with Crippen molar-refractivity contribution in [3.8, 4) is 0 Å². The van der Waals surface area contributed by atoms with Gasteiger partial charge in [0.15, 0.2) is 5.96 Å². The number of halogens is 1. The van der Waals surface area contributed by atoms with Crippen LogP contribution in [0.2, 0.25) is 0 Å². The summed E-state index contributed by atoms with van der Waals surface area (Å²) in [6.45, 7) is 6.48. The molecular formula is C15H24IN3O2. The van der Waals surface area contributed by atoms with E-state index in [1.165, 1.54) is 7.11 Å². The van der Waals surface area contributed by atoms with Crippen molar-refractivity contribution in [1.82, 2.24) is 10.6 Å². The average Bonchev–Trinajstić information content (AvgIpc) is 2.47. The van der Waals surface area contributed by atoms with Crippen LogP contribution in [0.1, 0.15) is 29.8 Å². The number of carbonyl (C=O) groups excluding carboxylic acids is 1. The molecule has 0 radical (unpaired) electrons. The lowest BCUT2D eigenvalue weighted by Crippen LogP contribution is -2.37. The molecule has 0 aliphatic carbocycles. The molecular weight excluding hydrogens is 381 g/mol. The maximum absolute atomic E-state index is 11.3. The number of hydrogen-bond acceptors (Lipinski definition) is 3. The van der Waals surface area contributed by atoms with Gasteiger partial charge in [0.25, 0.3) is 0 Å². The van der Waals surface area contributed by atoms with Crippen LogP contribution >= 0.6 is 24.0 Å². The van der Waals surface area contributed by atoms with E-state index in [2.05, 4.69) is 20.4 Å². The van der Waals surface area contributed by atoms with Gasteiger partial charge in [-0.05, 0) is 38.0 Å². The molecule has 0 aliphatic rings. The van der Waals surface area contributed by atoms with Crippen LogP contribution in [0.4, 0.5) is 0 Å². The van der Waals surface area contributed by atoms with E-state index in [4.69, 9.17) is 0 Å². The Bertz CT molecular complexity index is 439. The minimum atomic E-state index is -0.309. The lowest BCUT2D eigenvalue weighted by atomic mass is 10.1. The third-order valence-electron chi connectivity index (χ3n) is 2.73. The first-order valence-electron chi connectivity index (χ1n) is 6.90. The molecule has 118 valence electrons. The number of hydrogen-bond donors (Lipinski definition) is 2. The zero-order chi connectivity index (χ0) is 14.8. The Morgan fingerprint density at radius 1 is 1.14 bits per heavy atom. The van der Waals surface area contributed by atoms with Gasteiger partial charge in [0.1, 0.15) is 0 Å².